The van der Waals surface area contributed by atoms with Gasteiger partial charge in [-0.25, -0.2) is 0 Å². The van der Waals surface area contributed by atoms with Crippen molar-refractivity contribution in [2.75, 3.05) is 6.54 Å². The second-order valence-corrected chi connectivity index (χ2v) is 6.14. The summed E-state index contributed by atoms with van der Waals surface area (Å²) in [6, 6.07) is 14.9. The lowest BCUT2D eigenvalue weighted by molar-refractivity contribution is -0.121. The Hall–Kier alpha value is -2.62. The van der Waals surface area contributed by atoms with Gasteiger partial charge in [0.2, 0.25) is 5.91 Å². The van der Waals surface area contributed by atoms with Crippen LogP contribution >= 0.6 is 0 Å². The molecule has 1 aliphatic rings. The van der Waals surface area contributed by atoms with Gasteiger partial charge in [0.1, 0.15) is 6.04 Å². The Kier molecular flexibility index (Phi) is 4.65. The zero-order valence-corrected chi connectivity index (χ0v) is 13.7. The number of nitrogens with two attached hydrogens (primary N) is 1. The summed E-state index contributed by atoms with van der Waals surface area (Å²) in [5, 5.41) is 0. The molecule has 1 radical (unpaired) electrons. The van der Waals surface area contributed by atoms with Crippen molar-refractivity contribution in [1.29, 1.82) is 0 Å². The molecule has 2 amide bonds. The van der Waals surface area contributed by atoms with E-state index >= 15 is 0 Å². The molecular formula is C20H21N2O2. The number of rotatable bonds is 3. The molecule has 24 heavy (non-hydrogen) atoms. The lowest BCUT2D eigenvalue weighted by Crippen LogP contribution is -2.50. The molecule has 2 N–H and O–H groups in total. The monoisotopic (exact) mass is 321 g/mol. The number of hydrogen-bond acceptors (Lipinski definition) is 2. The molecule has 1 atom stereocenters. The molecule has 1 aliphatic heterocycles. The first-order valence-electron chi connectivity index (χ1n) is 8.17. The maximum absolute atomic E-state index is 13.1. The molecule has 123 valence electrons. The normalized spacial score (nSPS) is 17.5. The van der Waals surface area contributed by atoms with Gasteiger partial charge in [-0.05, 0) is 43.4 Å². The molecule has 2 aromatic carbocycles. The maximum Gasteiger partial charge on any atom is 0.255 e. The number of nitrogens with zero attached hydrogens (tertiary/aromatic N) is 1. The van der Waals surface area contributed by atoms with Gasteiger partial charge >= 0.3 is 0 Å². The highest BCUT2D eigenvalue weighted by atomic mass is 16.2. The van der Waals surface area contributed by atoms with Crippen LogP contribution in [0.5, 0.6) is 0 Å². The van der Waals surface area contributed by atoms with Crippen molar-refractivity contribution in [2.24, 2.45) is 5.73 Å². The summed E-state index contributed by atoms with van der Waals surface area (Å²) in [4.78, 5) is 26.4. The van der Waals surface area contributed by atoms with E-state index < -0.39 is 11.9 Å². The quantitative estimate of drug-likeness (QED) is 0.944. The third-order valence-electron chi connectivity index (χ3n) is 4.37. The van der Waals surface area contributed by atoms with Crippen LogP contribution in [0.4, 0.5) is 0 Å². The van der Waals surface area contributed by atoms with Gasteiger partial charge in [-0.15, -0.1) is 0 Å². The van der Waals surface area contributed by atoms with Gasteiger partial charge in [-0.1, -0.05) is 48.0 Å². The number of likely N-dealkylation sites (tertiary alicyclic amines) is 1. The van der Waals surface area contributed by atoms with Crippen LogP contribution in [0.3, 0.4) is 0 Å². The van der Waals surface area contributed by atoms with E-state index in [2.05, 4.69) is 6.07 Å². The zero-order valence-electron chi connectivity index (χ0n) is 13.7. The van der Waals surface area contributed by atoms with Gasteiger partial charge in [-0.2, -0.15) is 0 Å². The molecule has 2 aromatic rings. The van der Waals surface area contributed by atoms with Crippen molar-refractivity contribution in [2.45, 2.75) is 25.8 Å². The molecule has 0 aromatic heterocycles. The minimum Gasteiger partial charge on any atom is -0.368 e. The Morgan fingerprint density at radius 3 is 2.67 bits per heavy atom. The van der Waals surface area contributed by atoms with Gasteiger partial charge in [0, 0.05) is 12.1 Å². The van der Waals surface area contributed by atoms with Crippen molar-refractivity contribution in [3.05, 3.63) is 66.1 Å². The highest BCUT2D eigenvalue weighted by molar-refractivity contribution is 6.03. The minimum atomic E-state index is -0.628. The summed E-state index contributed by atoms with van der Waals surface area (Å²) in [5.74, 6) is -0.622. The summed E-state index contributed by atoms with van der Waals surface area (Å²) in [6.07, 6.45) is 3.48. The second-order valence-electron chi connectivity index (χ2n) is 6.14. The van der Waals surface area contributed by atoms with Crippen LogP contribution in [-0.4, -0.2) is 29.3 Å². The Morgan fingerprint density at radius 1 is 1.12 bits per heavy atom. The molecule has 0 spiro atoms. The van der Waals surface area contributed by atoms with E-state index in [9.17, 15) is 9.59 Å². The lowest BCUT2D eigenvalue weighted by Gasteiger charge is -2.34. The standard InChI is InChI=1S/C20H21N2O2/c1-14-7-6-8-15(13-14)16-9-2-3-10-17(16)20(24)22-12-5-4-11-18(22)19(21)23/h2-3,6-11,13,18H,4-5,12H2,1H3,(H2,21,23)/t18-/m1/s1. The van der Waals surface area contributed by atoms with E-state index in [-0.39, 0.29) is 5.91 Å². The van der Waals surface area contributed by atoms with E-state index in [4.69, 9.17) is 5.73 Å². The topological polar surface area (TPSA) is 63.4 Å². The molecule has 0 aliphatic carbocycles. The van der Waals surface area contributed by atoms with Gasteiger partial charge in [0.15, 0.2) is 0 Å². The van der Waals surface area contributed by atoms with E-state index in [1.54, 1.807) is 4.90 Å². The fraction of sp³-hybridized carbons (Fsp3) is 0.250. The fourth-order valence-electron chi connectivity index (χ4n) is 3.19. The predicted molar refractivity (Wildman–Crippen MR) is 94.2 cm³/mol. The van der Waals surface area contributed by atoms with Crippen LogP contribution in [0.2, 0.25) is 0 Å². The highest BCUT2D eigenvalue weighted by Gasteiger charge is 2.32. The first-order valence-corrected chi connectivity index (χ1v) is 8.17. The molecule has 0 saturated carbocycles. The Morgan fingerprint density at radius 2 is 1.92 bits per heavy atom. The average Bonchev–Trinajstić information content (AvgIpc) is 2.61. The van der Waals surface area contributed by atoms with Crippen molar-refractivity contribution in [3.63, 3.8) is 0 Å². The van der Waals surface area contributed by atoms with Crippen molar-refractivity contribution >= 4 is 11.8 Å². The fourth-order valence-corrected chi connectivity index (χ4v) is 3.19. The SMILES string of the molecule is Cc1cccc(-c2ccccc2C(=O)N2CCC[CH][C@@H]2C(N)=O)c1. The Bertz CT molecular complexity index is 770. The third-order valence-corrected chi connectivity index (χ3v) is 4.37. The van der Waals surface area contributed by atoms with Gasteiger partial charge in [0.25, 0.3) is 5.91 Å². The van der Waals surface area contributed by atoms with Crippen LogP contribution in [0.25, 0.3) is 11.1 Å². The Labute approximate surface area is 142 Å². The average molecular weight is 321 g/mol. The number of primary amides is 1. The van der Waals surface area contributed by atoms with Crippen LogP contribution in [0.15, 0.2) is 48.5 Å². The van der Waals surface area contributed by atoms with E-state index in [1.165, 1.54) is 0 Å². The van der Waals surface area contributed by atoms with Crippen LogP contribution in [-0.2, 0) is 4.79 Å². The lowest BCUT2D eigenvalue weighted by atomic mass is 9.95. The molecule has 1 fully saturated rings. The molecule has 1 saturated heterocycles. The third kappa shape index (κ3) is 3.18. The molecule has 1 heterocycles. The van der Waals surface area contributed by atoms with Crippen molar-refractivity contribution < 1.29 is 9.59 Å². The number of piperidine rings is 1. The van der Waals surface area contributed by atoms with Crippen molar-refractivity contribution in [3.8, 4) is 11.1 Å². The maximum atomic E-state index is 13.1. The molecule has 0 unspecified atom stereocenters. The van der Waals surface area contributed by atoms with Crippen molar-refractivity contribution in [1.82, 2.24) is 4.90 Å². The number of carbonyl (C=O) groups is 2. The van der Waals surface area contributed by atoms with E-state index in [0.717, 1.165) is 29.5 Å². The number of amides is 2. The smallest absolute Gasteiger partial charge is 0.255 e. The summed E-state index contributed by atoms with van der Waals surface area (Å²) < 4.78 is 0. The molecular weight excluding hydrogens is 300 g/mol. The van der Waals surface area contributed by atoms with Gasteiger partial charge < -0.3 is 10.6 Å². The van der Waals surface area contributed by atoms with E-state index in [0.29, 0.717) is 12.1 Å². The molecule has 0 bridgehead atoms. The largest absolute Gasteiger partial charge is 0.368 e. The summed E-state index contributed by atoms with van der Waals surface area (Å²) >= 11 is 0. The first-order chi connectivity index (χ1) is 11.6. The molecule has 4 heteroatoms. The predicted octanol–water partition coefficient (Wildman–Crippen LogP) is 2.96. The first kappa shape index (κ1) is 16.2. The molecule has 4 nitrogen and oxygen atoms in total. The summed E-state index contributed by atoms with van der Waals surface area (Å²) in [5.41, 5.74) is 9.09. The van der Waals surface area contributed by atoms with Gasteiger partial charge in [0.05, 0.1) is 0 Å². The molecule has 3 rings (SSSR count). The summed E-state index contributed by atoms with van der Waals surface area (Å²) in [7, 11) is 0. The van der Waals surface area contributed by atoms with Crippen LogP contribution in [0, 0.1) is 13.3 Å². The number of aryl methyl sites for hydroxylation is 1. The number of hydrogen-bond donors (Lipinski definition) is 1. The summed E-state index contributed by atoms with van der Waals surface area (Å²) in [6.45, 7) is 2.57. The second kappa shape index (κ2) is 6.87. The number of carbonyl (C=O) groups excluding carboxylic acids is 2. The van der Waals surface area contributed by atoms with Gasteiger partial charge in [-0.3, -0.25) is 9.59 Å². The van der Waals surface area contributed by atoms with Crippen LogP contribution in [0.1, 0.15) is 28.8 Å². The number of benzene rings is 2. The Balaban J connectivity index is 2.00. The zero-order chi connectivity index (χ0) is 17.1. The highest BCUT2D eigenvalue weighted by Crippen LogP contribution is 2.27. The minimum absolute atomic E-state index is 0.146. The van der Waals surface area contributed by atoms with Crippen LogP contribution < -0.4 is 5.73 Å². The van der Waals surface area contributed by atoms with E-state index in [1.807, 2.05) is 55.8 Å².